The summed E-state index contributed by atoms with van der Waals surface area (Å²) in [6.45, 7) is 0. The van der Waals surface area contributed by atoms with E-state index in [0.717, 1.165) is 12.2 Å². The Bertz CT molecular complexity index is 1220. The van der Waals surface area contributed by atoms with Crippen LogP contribution in [0.4, 0.5) is 0 Å². The third-order valence-corrected chi connectivity index (χ3v) is 6.57. The molecular weight excluding hydrogens is 424 g/mol. The van der Waals surface area contributed by atoms with Gasteiger partial charge in [-0.2, -0.15) is 12.8 Å². The second-order valence-corrected chi connectivity index (χ2v) is 9.30. The lowest BCUT2D eigenvalue weighted by atomic mass is 10.1. The van der Waals surface area contributed by atoms with E-state index in [4.69, 9.17) is 11.6 Å². The van der Waals surface area contributed by atoms with E-state index in [-0.39, 0.29) is 20.5 Å². The van der Waals surface area contributed by atoms with E-state index >= 15 is 0 Å². The quantitative estimate of drug-likeness (QED) is 0.723. The number of carbonyl (C=O) groups excluding carboxylic acids is 1. The van der Waals surface area contributed by atoms with Gasteiger partial charge in [0.05, 0.1) is 20.5 Å². The topological polar surface area (TPSA) is 110 Å². The van der Waals surface area contributed by atoms with Crippen LogP contribution in [0.15, 0.2) is 97.7 Å². The first-order valence-electron chi connectivity index (χ1n) is 7.80. The van der Waals surface area contributed by atoms with E-state index in [2.05, 4.69) is 9.12 Å². The van der Waals surface area contributed by atoms with Gasteiger partial charge in [-0.3, -0.25) is 9.52 Å². The molecule has 1 aliphatic rings. The van der Waals surface area contributed by atoms with Crippen LogP contribution in [-0.2, 0) is 24.8 Å². The van der Waals surface area contributed by atoms with Gasteiger partial charge in [-0.15, -0.1) is 0 Å². The van der Waals surface area contributed by atoms with Crippen LogP contribution in [0.2, 0.25) is 0 Å². The Balaban J connectivity index is 1.99. The highest BCUT2D eigenvalue weighted by atomic mass is 35.5. The maximum Gasteiger partial charge on any atom is 0.282 e. The fourth-order valence-corrected chi connectivity index (χ4v) is 4.57. The molecule has 0 bridgehead atoms. The van der Waals surface area contributed by atoms with E-state index in [0.29, 0.717) is 0 Å². The van der Waals surface area contributed by atoms with Crippen molar-refractivity contribution in [3.8, 4) is 0 Å². The molecule has 0 amide bonds. The molecule has 1 aliphatic carbocycles. The van der Waals surface area contributed by atoms with Crippen molar-refractivity contribution in [3.05, 3.63) is 83.5 Å². The van der Waals surface area contributed by atoms with Crippen molar-refractivity contribution < 1.29 is 21.6 Å². The molecule has 0 radical (unpaired) electrons. The fraction of sp³-hybridized carbons (Fsp3) is 0. The van der Waals surface area contributed by atoms with Crippen LogP contribution >= 0.6 is 11.6 Å². The fourth-order valence-electron chi connectivity index (χ4n) is 2.29. The molecule has 28 heavy (non-hydrogen) atoms. The van der Waals surface area contributed by atoms with Crippen LogP contribution in [-0.4, -0.2) is 28.3 Å². The first-order chi connectivity index (χ1) is 13.2. The number of hydrogen-bond donors (Lipinski definition) is 1. The molecular formula is C18H13ClN2O5S2. The van der Waals surface area contributed by atoms with Crippen LogP contribution in [0, 0.1) is 0 Å². The summed E-state index contributed by atoms with van der Waals surface area (Å²) in [4.78, 5) is 12.1. The SMILES string of the molecule is O=C1C(Cl)=CC(NS(=O)(=O)c2ccccc2)=CC1=NS(=O)(=O)c1ccccc1. The summed E-state index contributed by atoms with van der Waals surface area (Å²) in [7, 11) is -8.13. The minimum Gasteiger partial charge on any atom is -0.286 e. The average molecular weight is 437 g/mol. The van der Waals surface area contributed by atoms with E-state index < -0.39 is 31.5 Å². The van der Waals surface area contributed by atoms with E-state index in [9.17, 15) is 21.6 Å². The summed E-state index contributed by atoms with van der Waals surface area (Å²) in [5.74, 6) is -0.830. The van der Waals surface area contributed by atoms with Gasteiger partial charge in [-0.05, 0) is 36.4 Å². The van der Waals surface area contributed by atoms with Crippen molar-refractivity contribution in [2.24, 2.45) is 4.40 Å². The van der Waals surface area contributed by atoms with Crippen molar-refractivity contribution in [1.29, 1.82) is 0 Å². The summed E-state index contributed by atoms with van der Waals surface area (Å²) >= 11 is 5.87. The first-order valence-corrected chi connectivity index (χ1v) is 11.1. The van der Waals surface area contributed by atoms with Gasteiger partial charge in [0, 0.05) is 0 Å². The smallest absolute Gasteiger partial charge is 0.282 e. The monoisotopic (exact) mass is 436 g/mol. The third-order valence-electron chi connectivity index (χ3n) is 3.59. The number of hydrogen-bond acceptors (Lipinski definition) is 5. The Morgan fingerprint density at radius 3 is 1.89 bits per heavy atom. The van der Waals surface area contributed by atoms with E-state index in [1.165, 1.54) is 36.4 Å². The highest BCUT2D eigenvalue weighted by molar-refractivity contribution is 7.90. The van der Waals surface area contributed by atoms with Crippen molar-refractivity contribution in [2.45, 2.75) is 9.79 Å². The first kappa shape index (κ1) is 20.0. The van der Waals surface area contributed by atoms with Gasteiger partial charge in [0.1, 0.15) is 5.71 Å². The minimum atomic E-state index is -4.18. The average Bonchev–Trinajstić information content (AvgIpc) is 2.66. The zero-order valence-electron chi connectivity index (χ0n) is 14.1. The van der Waals surface area contributed by atoms with Crippen LogP contribution in [0.3, 0.4) is 0 Å². The number of allylic oxidation sites excluding steroid dienone is 3. The number of benzene rings is 2. The third kappa shape index (κ3) is 4.38. The zero-order chi connectivity index (χ0) is 20.4. The number of rotatable bonds is 5. The molecule has 0 spiro atoms. The Morgan fingerprint density at radius 1 is 0.786 bits per heavy atom. The molecule has 3 rings (SSSR count). The lowest BCUT2D eigenvalue weighted by molar-refractivity contribution is -0.109. The number of carbonyl (C=O) groups is 1. The Morgan fingerprint density at radius 2 is 1.32 bits per heavy atom. The standard InChI is InChI=1S/C18H13ClN2O5S2/c19-16-11-13(20-27(23,24)14-7-3-1-4-8-14)12-17(18(16)22)21-28(25,26)15-9-5-2-6-10-15/h1-12,20H. The molecule has 0 aliphatic heterocycles. The number of Topliss-reactive ketones (excluding diaryl/α,β-unsaturated/α-hetero) is 1. The van der Waals surface area contributed by atoms with Gasteiger partial charge in [-0.1, -0.05) is 48.0 Å². The van der Waals surface area contributed by atoms with Gasteiger partial charge >= 0.3 is 0 Å². The van der Waals surface area contributed by atoms with E-state index in [1.54, 1.807) is 24.3 Å². The number of sulfonamides is 2. The van der Waals surface area contributed by atoms with Crippen molar-refractivity contribution in [1.82, 2.24) is 4.72 Å². The molecule has 2 aromatic carbocycles. The Labute approximate surface area is 167 Å². The molecule has 2 aromatic rings. The summed E-state index contributed by atoms with van der Waals surface area (Å²) in [5.41, 5.74) is -0.586. The summed E-state index contributed by atoms with van der Waals surface area (Å²) < 4.78 is 55.4. The number of nitrogens with zero attached hydrogens (tertiary/aromatic N) is 1. The summed E-state index contributed by atoms with van der Waals surface area (Å²) in [6.07, 6.45) is 2.12. The highest BCUT2D eigenvalue weighted by Gasteiger charge is 2.25. The zero-order valence-corrected chi connectivity index (χ0v) is 16.5. The molecule has 1 N–H and O–H groups in total. The molecule has 0 saturated carbocycles. The number of nitrogens with one attached hydrogen (secondary N) is 1. The van der Waals surface area contributed by atoms with Crippen molar-refractivity contribution in [3.63, 3.8) is 0 Å². The van der Waals surface area contributed by atoms with Gasteiger partial charge in [0.25, 0.3) is 20.0 Å². The second-order valence-electron chi connectivity index (χ2n) is 5.60. The van der Waals surface area contributed by atoms with Crippen LogP contribution < -0.4 is 4.72 Å². The Hall–Kier alpha value is -2.75. The molecule has 0 aromatic heterocycles. The summed E-state index contributed by atoms with van der Waals surface area (Å²) in [5, 5.41) is -0.365. The lowest BCUT2D eigenvalue weighted by Gasteiger charge is -2.13. The Kier molecular flexibility index (Phi) is 5.50. The van der Waals surface area contributed by atoms with Gasteiger partial charge in [-0.25, -0.2) is 8.42 Å². The minimum absolute atomic E-state index is 0.00674. The molecule has 0 fully saturated rings. The lowest BCUT2D eigenvalue weighted by Crippen LogP contribution is -2.27. The molecule has 144 valence electrons. The van der Waals surface area contributed by atoms with Crippen LogP contribution in [0.1, 0.15) is 0 Å². The summed E-state index contributed by atoms with van der Waals surface area (Å²) in [6, 6.07) is 14.8. The van der Waals surface area contributed by atoms with Gasteiger partial charge in [0.2, 0.25) is 5.78 Å². The van der Waals surface area contributed by atoms with Gasteiger partial charge in [0.15, 0.2) is 0 Å². The molecule has 7 nitrogen and oxygen atoms in total. The van der Waals surface area contributed by atoms with Crippen LogP contribution in [0.5, 0.6) is 0 Å². The van der Waals surface area contributed by atoms with Crippen LogP contribution in [0.25, 0.3) is 0 Å². The molecule has 0 saturated heterocycles. The normalized spacial score (nSPS) is 16.5. The number of ketones is 1. The predicted octanol–water partition coefficient (Wildman–Crippen LogP) is 2.38. The predicted molar refractivity (Wildman–Crippen MR) is 105 cm³/mol. The van der Waals surface area contributed by atoms with Crippen molar-refractivity contribution >= 4 is 43.1 Å². The second kappa shape index (κ2) is 7.70. The maximum atomic E-state index is 12.4. The largest absolute Gasteiger partial charge is 0.286 e. The maximum absolute atomic E-state index is 12.4. The number of halogens is 1. The highest BCUT2D eigenvalue weighted by Crippen LogP contribution is 2.20. The van der Waals surface area contributed by atoms with Crippen molar-refractivity contribution in [2.75, 3.05) is 0 Å². The molecule has 0 atom stereocenters. The van der Waals surface area contributed by atoms with Gasteiger partial charge < -0.3 is 0 Å². The molecule has 10 heteroatoms. The molecule has 0 heterocycles. The van der Waals surface area contributed by atoms with E-state index in [1.807, 2.05) is 0 Å². The molecule has 0 unspecified atom stereocenters.